The molecule has 0 saturated carbocycles. The molecular formula is C9H11BrF3N3O. The summed E-state index contributed by atoms with van der Waals surface area (Å²) in [5, 5.41) is 5.81. The van der Waals surface area contributed by atoms with Gasteiger partial charge in [-0.25, -0.2) is 0 Å². The van der Waals surface area contributed by atoms with Crippen molar-refractivity contribution >= 4 is 21.8 Å². The molecule has 1 heterocycles. The third-order valence-corrected chi connectivity index (χ3v) is 3.22. The van der Waals surface area contributed by atoms with Crippen molar-refractivity contribution in [1.29, 1.82) is 0 Å². The highest BCUT2D eigenvalue weighted by atomic mass is 79.9. The minimum atomic E-state index is -4.40. The smallest absolute Gasteiger partial charge is 0.345 e. The minimum Gasteiger partial charge on any atom is -0.345 e. The van der Waals surface area contributed by atoms with Crippen LogP contribution in [0.5, 0.6) is 0 Å². The van der Waals surface area contributed by atoms with Crippen molar-refractivity contribution in [1.82, 2.24) is 15.1 Å². The maximum absolute atomic E-state index is 11.9. The fourth-order valence-electron chi connectivity index (χ4n) is 1.22. The third kappa shape index (κ3) is 4.03. The van der Waals surface area contributed by atoms with E-state index in [1.54, 1.807) is 19.2 Å². The molecule has 8 heteroatoms. The zero-order valence-corrected chi connectivity index (χ0v) is 10.8. The van der Waals surface area contributed by atoms with E-state index < -0.39 is 18.6 Å². The molecule has 1 aromatic heterocycles. The van der Waals surface area contributed by atoms with E-state index in [4.69, 9.17) is 0 Å². The lowest BCUT2D eigenvalue weighted by Gasteiger charge is -2.09. The topological polar surface area (TPSA) is 46.9 Å². The number of hydrogen-bond acceptors (Lipinski definition) is 2. The van der Waals surface area contributed by atoms with Gasteiger partial charge in [0.05, 0.1) is 15.9 Å². The Bertz CT molecular complexity index is 428. The van der Waals surface area contributed by atoms with Crippen LogP contribution in [0, 0.1) is 13.8 Å². The predicted octanol–water partition coefficient (Wildman–Crippen LogP) is 1.94. The number of alkyl halides is 3. The molecule has 1 amide bonds. The van der Waals surface area contributed by atoms with Crippen LogP contribution < -0.4 is 5.32 Å². The Labute approximate surface area is 104 Å². The van der Waals surface area contributed by atoms with E-state index >= 15 is 0 Å². The summed E-state index contributed by atoms with van der Waals surface area (Å²) in [5.41, 5.74) is 1.38. The first kappa shape index (κ1) is 14.0. The van der Waals surface area contributed by atoms with Gasteiger partial charge in [0.15, 0.2) is 0 Å². The number of amides is 1. The Hall–Kier alpha value is -1.05. The van der Waals surface area contributed by atoms with Crippen LogP contribution in [0.25, 0.3) is 0 Å². The predicted molar refractivity (Wildman–Crippen MR) is 58.5 cm³/mol. The highest BCUT2D eigenvalue weighted by Crippen LogP contribution is 2.19. The molecule has 0 unspecified atom stereocenters. The first-order chi connectivity index (χ1) is 7.70. The lowest BCUT2D eigenvalue weighted by molar-refractivity contribution is -0.138. The highest BCUT2D eigenvalue weighted by Gasteiger charge is 2.27. The Morgan fingerprint density at radius 1 is 1.47 bits per heavy atom. The molecule has 0 aliphatic heterocycles. The second-order valence-corrected chi connectivity index (χ2v) is 4.33. The van der Waals surface area contributed by atoms with E-state index in [9.17, 15) is 18.0 Å². The molecule has 1 N–H and O–H groups in total. The third-order valence-electron chi connectivity index (χ3n) is 2.07. The SMILES string of the molecule is Cc1nn(CC(=O)NCC(F)(F)F)c(C)c1Br. The van der Waals surface area contributed by atoms with E-state index in [1.165, 1.54) is 4.68 Å². The number of aromatic nitrogens is 2. The summed E-state index contributed by atoms with van der Waals surface area (Å²) in [4.78, 5) is 11.2. The summed E-state index contributed by atoms with van der Waals surface area (Å²) >= 11 is 3.27. The van der Waals surface area contributed by atoms with E-state index in [1.807, 2.05) is 0 Å². The second kappa shape index (κ2) is 5.07. The molecule has 0 saturated heterocycles. The lowest BCUT2D eigenvalue weighted by atomic mass is 10.4. The molecule has 0 radical (unpaired) electrons. The summed E-state index contributed by atoms with van der Waals surface area (Å²) in [5.74, 6) is -0.722. The Kier molecular flexibility index (Phi) is 4.18. The first-order valence-corrected chi connectivity index (χ1v) is 5.53. The maximum Gasteiger partial charge on any atom is 0.405 e. The number of halogens is 4. The van der Waals surface area contributed by atoms with Gasteiger partial charge in [0.2, 0.25) is 5.91 Å². The van der Waals surface area contributed by atoms with Gasteiger partial charge in [0, 0.05) is 0 Å². The van der Waals surface area contributed by atoms with Crippen LogP contribution >= 0.6 is 15.9 Å². The van der Waals surface area contributed by atoms with E-state index in [-0.39, 0.29) is 6.54 Å². The Morgan fingerprint density at radius 3 is 2.47 bits per heavy atom. The molecule has 0 atom stereocenters. The van der Waals surface area contributed by atoms with E-state index in [2.05, 4.69) is 21.0 Å². The quantitative estimate of drug-likeness (QED) is 0.927. The molecule has 0 aliphatic carbocycles. The molecule has 1 rings (SSSR count). The Morgan fingerprint density at radius 2 is 2.06 bits per heavy atom. The van der Waals surface area contributed by atoms with Crippen LogP contribution in [0.2, 0.25) is 0 Å². The van der Waals surface area contributed by atoms with Gasteiger partial charge in [0.25, 0.3) is 0 Å². The molecule has 0 spiro atoms. The number of hydrogen-bond donors (Lipinski definition) is 1. The van der Waals surface area contributed by atoms with Crippen LogP contribution in [0.1, 0.15) is 11.4 Å². The summed E-state index contributed by atoms with van der Waals surface area (Å²) in [6, 6.07) is 0. The summed E-state index contributed by atoms with van der Waals surface area (Å²) in [6.07, 6.45) is -4.40. The van der Waals surface area contributed by atoms with Crippen LogP contribution in [0.15, 0.2) is 4.47 Å². The fraction of sp³-hybridized carbons (Fsp3) is 0.556. The zero-order valence-electron chi connectivity index (χ0n) is 9.23. The molecule has 4 nitrogen and oxygen atoms in total. The van der Waals surface area contributed by atoms with Crippen molar-refractivity contribution < 1.29 is 18.0 Å². The van der Waals surface area contributed by atoms with Crippen molar-refractivity contribution in [2.45, 2.75) is 26.6 Å². The van der Waals surface area contributed by atoms with Gasteiger partial charge in [-0.2, -0.15) is 18.3 Å². The standard InChI is InChI=1S/C9H11BrF3N3O/c1-5-8(10)6(2)16(15-5)3-7(17)14-4-9(11,12)13/h3-4H2,1-2H3,(H,14,17). The van der Waals surface area contributed by atoms with Crippen molar-refractivity contribution in [3.05, 3.63) is 15.9 Å². The monoisotopic (exact) mass is 313 g/mol. The minimum absolute atomic E-state index is 0.228. The average molecular weight is 314 g/mol. The highest BCUT2D eigenvalue weighted by molar-refractivity contribution is 9.10. The maximum atomic E-state index is 11.9. The number of nitrogens with one attached hydrogen (secondary N) is 1. The van der Waals surface area contributed by atoms with Crippen LogP contribution in [-0.2, 0) is 11.3 Å². The molecule has 0 bridgehead atoms. The van der Waals surface area contributed by atoms with Crippen LogP contribution in [0.3, 0.4) is 0 Å². The molecule has 1 aromatic rings. The van der Waals surface area contributed by atoms with Crippen molar-refractivity contribution in [2.24, 2.45) is 0 Å². The van der Waals surface area contributed by atoms with Gasteiger partial charge in [0.1, 0.15) is 13.1 Å². The van der Waals surface area contributed by atoms with Gasteiger partial charge in [-0.15, -0.1) is 0 Å². The van der Waals surface area contributed by atoms with Gasteiger partial charge in [-0.3, -0.25) is 9.48 Å². The molecule has 0 fully saturated rings. The number of aryl methyl sites for hydroxylation is 1. The zero-order chi connectivity index (χ0) is 13.2. The summed E-state index contributed by atoms with van der Waals surface area (Å²) in [7, 11) is 0. The van der Waals surface area contributed by atoms with Crippen LogP contribution in [0.4, 0.5) is 13.2 Å². The molecular weight excluding hydrogens is 303 g/mol. The lowest BCUT2D eigenvalue weighted by Crippen LogP contribution is -2.36. The summed E-state index contributed by atoms with van der Waals surface area (Å²) in [6.45, 7) is 1.91. The number of carbonyl (C=O) groups is 1. The fourth-order valence-corrected chi connectivity index (χ4v) is 1.50. The molecule has 96 valence electrons. The molecule has 0 aromatic carbocycles. The number of rotatable bonds is 3. The normalized spacial score (nSPS) is 11.6. The van der Waals surface area contributed by atoms with Crippen molar-refractivity contribution in [2.75, 3.05) is 6.54 Å². The molecule has 0 aliphatic rings. The van der Waals surface area contributed by atoms with Crippen LogP contribution in [-0.4, -0.2) is 28.4 Å². The van der Waals surface area contributed by atoms with Crippen molar-refractivity contribution in [3.8, 4) is 0 Å². The van der Waals surface area contributed by atoms with Crippen molar-refractivity contribution in [3.63, 3.8) is 0 Å². The largest absolute Gasteiger partial charge is 0.405 e. The van der Waals surface area contributed by atoms with Gasteiger partial charge in [-0.1, -0.05) is 0 Å². The van der Waals surface area contributed by atoms with Gasteiger partial charge < -0.3 is 5.32 Å². The number of nitrogens with zero attached hydrogens (tertiary/aromatic N) is 2. The Balaban J connectivity index is 2.60. The van der Waals surface area contributed by atoms with E-state index in [0.29, 0.717) is 11.4 Å². The average Bonchev–Trinajstić information content (AvgIpc) is 2.43. The summed E-state index contributed by atoms with van der Waals surface area (Å²) < 4.78 is 37.7. The first-order valence-electron chi connectivity index (χ1n) is 4.73. The number of carbonyl (C=O) groups excluding carboxylic acids is 1. The van der Waals surface area contributed by atoms with E-state index in [0.717, 1.165) is 4.47 Å². The van der Waals surface area contributed by atoms with Gasteiger partial charge in [-0.05, 0) is 29.8 Å². The second-order valence-electron chi connectivity index (χ2n) is 3.53. The molecule has 17 heavy (non-hydrogen) atoms. The van der Waals surface area contributed by atoms with Gasteiger partial charge >= 0.3 is 6.18 Å².